The Balaban J connectivity index is 0.00000280. The zero-order valence-electron chi connectivity index (χ0n) is 16.5. The Labute approximate surface area is 184 Å². The van der Waals surface area contributed by atoms with Gasteiger partial charge in [0.05, 0.1) is 25.9 Å². The highest BCUT2D eigenvalue weighted by Crippen LogP contribution is 2.28. The van der Waals surface area contributed by atoms with Crippen molar-refractivity contribution in [2.24, 2.45) is 10.9 Å². The molecule has 1 atom stereocenters. The second-order valence-electron chi connectivity index (χ2n) is 7.11. The molecule has 2 fully saturated rings. The van der Waals surface area contributed by atoms with E-state index in [9.17, 15) is 4.39 Å². The van der Waals surface area contributed by atoms with Gasteiger partial charge in [0.2, 0.25) is 0 Å². The van der Waals surface area contributed by atoms with E-state index in [2.05, 4.69) is 20.5 Å². The second kappa shape index (κ2) is 12.6. The van der Waals surface area contributed by atoms with Crippen LogP contribution < -0.4 is 10.6 Å². The summed E-state index contributed by atoms with van der Waals surface area (Å²) in [5.74, 6) is 1.33. The first kappa shape index (κ1) is 23.3. The first-order chi connectivity index (χ1) is 13.3. The average molecular weight is 506 g/mol. The lowest BCUT2D eigenvalue weighted by molar-refractivity contribution is 0.0170. The van der Waals surface area contributed by atoms with Crippen LogP contribution in [0.1, 0.15) is 24.4 Å². The zero-order chi connectivity index (χ0) is 18.9. The van der Waals surface area contributed by atoms with Gasteiger partial charge in [0.25, 0.3) is 0 Å². The molecule has 2 aliphatic rings. The van der Waals surface area contributed by atoms with Crippen molar-refractivity contribution in [2.45, 2.75) is 18.9 Å². The van der Waals surface area contributed by atoms with E-state index < -0.39 is 0 Å². The van der Waals surface area contributed by atoms with Crippen LogP contribution in [-0.4, -0.2) is 70.5 Å². The summed E-state index contributed by atoms with van der Waals surface area (Å²) in [5.41, 5.74) is 1.09. The van der Waals surface area contributed by atoms with Crippen molar-refractivity contribution in [3.05, 3.63) is 35.6 Å². The predicted molar refractivity (Wildman–Crippen MR) is 120 cm³/mol. The minimum Gasteiger partial charge on any atom is -0.379 e. The first-order valence-corrected chi connectivity index (χ1v) is 9.86. The summed E-state index contributed by atoms with van der Waals surface area (Å²) < 4.78 is 24.5. The SMILES string of the molecule is CN=C(NCCOCC1CC1)NCC(c1ccc(F)cc1)N1CCOCC1.I. The summed E-state index contributed by atoms with van der Waals surface area (Å²) in [6.45, 7) is 6.15. The van der Waals surface area contributed by atoms with E-state index >= 15 is 0 Å². The van der Waals surface area contributed by atoms with E-state index in [0.717, 1.165) is 56.9 Å². The molecule has 0 amide bonds. The van der Waals surface area contributed by atoms with Gasteiger partial charge >= 0.3 is 0 Å². The van der Waals surface area contributed by atoms with Crippen LogP contribution >= 0.6 is 24.0 Å². The fourth-order valence-electron chi connectivity index (χ4n) is 3.22. The smallest absolute Gasteiger partial charge is 0.191 e. The Bertz CT molecular complexity index is 592. The van der Waals surface area contributed by atoms with Gasteiger partial charge in [0, 0.05) is 39.8 Å². The quantitative estimate of drug-likeness (QED) is 0.233. The molecule has 3 rings (SSSR count). The van der Waals surface area contributed by atoms with Crippen LogP contribution in [0, 0.1) is 11.7 Å². The second-order valence-corrected chi connectivity index (χ2v) is 7.11. The third kappa shape index (κ3) is 7.81. The first-order valence-electron chi connectivity index (χ1n) is 9.86. The van der Waals surface area contributed by atoms with Crippen LogP contribution in [0.3, 0.4) is 0 Å². The third-order valence-electron chi connectivity index (χ3n) is 5.02. The highest BCUT2D eigenvalue weighted by Gasteiger charge is 2.23. The van der Waals surface area contributed by atoms with E-state index in [0.29, 0.717) is 13.2 Å². The van der Waals surface area contributed by atoms with Crippen LogP contribution in [0.15, 0.2) is 29.3 Å². The molecule has 1 aromatic carbocycles. The van der Waals surface area contributed by atoms with E-state index in [1.54, 1.807) is 7.05 Å². The summed E-state index contributed by atoms with van der Waals surface area (Å²) in [4.78, 5) is 6.66. The number of hydrogen-bond acceptors (Lipinski definition) is 4. The van der Waals surface area contributed by atoms with Crippen molar-refractivity contribution in [1.29, 1.82) is 0 Å². The molecule has 28 heavy (non-hydrogen) atoms. The highest BCUT2D eigenvalue weighted by molar-refractivity contribution is 14.0. The molecule has 1 saturated heterocycles. The van der Waals surface area contributed by atoms with Gasteiger partial charge < -0.3 is 20.1 Å². The maximum absolute atomic E-state index is 13.3. The Kier molecular flexibility index (Phi) is 10.5. The number of nitrogens with one attached hydrogen (secondary N) is 2. The third-order valence-corrected chi connectivity index (χ3v) is 5.02. The molecule has 0 spiro atoms. The normalized spacial score (nSPS) is 19.0. The number of benzene rings is 1. The summed E-state index contributed by atoms with van der Waals surface area (Å²) in [7, 11) is 1.77. The molecule has 2 N–H and O–H groups in total. The standard InChI is InChI=1S/C20H31FN4O2.HI/c1-22-20(23-8-11-27-15-16-2-3-16)24-14-19(25-9-12-26-13-10-25)17-4-6-18(21)7-5-17;/h4-7,16,19H,2-3,8-15H2,1H3,(H2,22,23,24);1H. The summed E-state index contributed by atoms with van der Waals surface area (Å²) in [6, 6.07) is 6.90. The van der Waals surface area contributed by atoms with E-state index in [4.69, 9.17) is 9.47 Å². The summed E-state index contributed by atoms with van der Waals surface area (Å²) >= 11 is 0. The molecule has 1 aliphatic carbocycles. The van der Waals surface area contributed by atoms with Gasteiger partial charge in [0.1, 0.15) is 5.82 Å². The molecule has 6 nitrogen and oxygen atoms in total. The maximum Gasteiger partial charge on any atom is 0.191 e. The maximum atomic E-state index is 13.3. The van der Waals surface area contributed by atoms with Crippen LogP contribution in [-0.2, 0) is 9.47 Å². The molecule has 1 aliphatic heterocycles. The van der Waals surface area contributed by atoms with Crippen molar-refractivity contribution >= 4 is 29.9 Å². The lowest BCUT2D eigenvalue weighted by Crippen LogP contribution is -2.46. The Morgan fingerprint density at radius 1 is 1.25 bits per heavy atom. The van der Waals surface area contributed by atoms with Crippen molar-refractivity contribution in [3.8, 4) is 0 Å². The monoisotopic (exact) mass is 506 g/mol. The number of halogens is 2. The van der Waals surface area contributed by atoms with Crippen LogP contribution in [0.25, 0.3) is 0 Å². The number of ether oxygens (including phenoxy) is 2. The van der Waals surface area contributed by atoms with E-state index in [1.807, 2.05) is 12.1 Å². The lowest BCUT2D eigenvalue weighted by atomic mass is 10.0. The van der Waals surface area contributed by atoms with Gasteiger partial charge in [-0.25, -0.2) is 4.39 Å². The Morgan fingerprint density at radius 3 is 2.61 bits per heavy atom. The van der Waals surface area contributed by atoms with Gasteiger partial charge in [-0.3, -0.25) is 9.89 Å². The van der Waals surface area contributed by atoms with Gasteiger partial charge in [-0.15, -0.1) is 24.0 Å². The van der Waals surface area contributed by atoms with E-state index in [-0.39, 0.29) is 35.8 Å². The molecule has 8 heteroatoms. The number of nitrogens with zero attached hydrogens (tertiary/aromatic N) is 2. The van der Waals surface area contributed by atoms with Gasteiger partial charge in [-0.2, -0.15) is 0 Å². The number of guanidine groups is 1. The Hall–Kier alpha value is -0.970. The van der Waals surface area contributed by atoms with Crippen molar-refractivity contribution in [3.63, 3.8) is 0 Å². The molecule has 0 aromatic heterocycles. The summed E-state index contributed by atoms with van der Waals surface area (Å²) in [6.07, 6.45) is 2.62. The number of aliphatic imine (C=N–C) groups is 1. The number of hydrogen-bond donors (Lipinski definition) is 2. The average Bonchev–Trinajstić information content (AvgIpc) is 3.53. The molecule has 1 aromatic rings. The molecular formula is C20H32FIN4O2. The lowest BCUT2D eigenvalue weighted by Gasteiger charge is -2.35. The minimum atomic E-state index is -0.212. The van der Waals surface area contributed by atoms with Gasteiger partial charge in [0.15, 0.2) is 5.96 Å². The minimum absolute atomic E-state index is 0. The topological polar surface area (TPSA) is 58.1 Å². The van der Waals surface area contributed by atoms with Crippen LogP contribution in [0.5, 0.6) is 0 Å². The number of rotatable bonds is 9. The molecule has 158 valence electrons. The fraction of sp³-hybridized carbons (Fsp3) is 0.650. The molecule has 0 bridgehead atoms. The van der Waals surface area contributed by atoms with Crippen molar-refractivity contribution < 1.29 is 13.9 Å². The van der Waals surface area contributed by atoms with Gasteiger partial charge in [-0.1, -0.05) is 12.1 Å². The molecule has 1 heterocycles. The van der Waals surface area contributed by atoms with Crippen LogP contribution in [0.2, 0.25) is 0 Å². The predicted octanol–water partition coefficient (Wildman–Crippen LogP) is 2.41. The zero-order valence-corrected chi connectivity index (χ0v) is 18.9. The number of morpholine rings is 1. The Morgan fingerprint density at radius 2 is 1.96 bits per heavy atom. The summed E-state index contributed by atoms with van der Waals surface area (Å²) in [5, 5.41) is 6.69. The van der Waals surface area contributed by atoms with Crippen molar-refractivity contribution in [2.75, 3.05) is 59.7 Å². The van der Waals surface area contributed by atoms with Gasteiger partial charge in [-0.05, 0) is 36.5 Å². The molecular weight excluding hydrogens is 474 g/mol. The fourth-order valence-corrected chi connectivity index (χ4v) is 3.22. The highest BCUT2D eigenvalue weighted by atomic mass is 127. The molecule has 1 saturated carbocycles. The largest absolute Gasteiger partial charge is 0.379 e. The van der Waals surface area contributed by atoms with Crippen molar-refractivity contribution in [1.82, 2.24) is 15.5 Å². The molecule has 1 unspecified atom stereocenters. The van der Waals surface area contributed by atoms with Crippen LogP contribution in [0.4, 0.5) is 4.39 Å². The van der Waals surface area contributed by atoms with E-state index in [1.165, 1.54) is 25.0 Å². The molecule has 0 radical (unpaired) electrons.